The van der Waals surface area contributed by atoms with Gasteiger partial charge in [0, 0.05) is 6.61 Å². The molecule has 0 aromatic heterocycles. The zero-order valence-electron chi connectivity index (χ0n) is 11.7. The molecule has 3 nitrogen and oxygen atoms in total. The van der Waals surface area contributed by atoms with Crippen LogP contribution in [0.4, 0.5) is 0 Å². The molecule has 19 heavy (non-hydrogen) atoms. The van der Waals surface area contributed by atoms with E-state index in [2.05, 4.69) is 13.0 Å². The lowest BCUT2D eigenvalue weighted by molar-refractivity contribution is 0.0971. The molecule has 3 heteroatoms. The predicted molar refractivity (Wildman–Crippen MR) is 76.2 cm³/mol. The van der Waals surface area contributed by atoms with Crippen molar-refractivity contribution < 1.29 is 9.47 Å². The van der Waals surface area contributed by atoms with Gasteiger partial charge in [-0.15, -0.1) is 0 Å². The van der Waals surface area contributed by atoms with E-state index in [1.807, 2.05) is 24.3 Å². The Morgan fingerprint density at radius 2 is 1.79 bits per heavy atom. The molecule has 0 unspecified atom stereocenters. The van der Waals surface area contributed by atoms with E-state index in [0.29, 0.717) is 19.6 Å². The van der Waals surface area contributed by atoms with Crippen molar-refractivity contribution in [2.24, 2.45) is 0 Å². The molecule has 0 saturated carbocycles. The lowest BCUT2D eigenvalue weighted by atomic mass is 10.2. The van der Waals surface area contributed by atoms with Crippen LogP contribution in [0.1, 0.15) is 38.2 Å². The number of nitrogens with zero attached hydrogens (tertiary/aromatic N) is 1. The highest BCUT2D eigenvalue weighted by Gasteiger charge is 1.96. The van der Waals surface area contributed by atoms with Crippen LogP contribution < -0.4 is 4.74 Å². The van der Waals surface area contributed by atoms with Crippen molar-refractivity contribution in [2.75, 3.05) is 19.8 Å². The number of ether oxygens (including phenoxy) is 2. The normalized spacial score (nSPS) is 10.1. The van der Waals surface area contributed by atoms with E-state index in [1.165, 1.54) is 19.3 Å². The molecule has 0 amide bonds. The first-order valence-electron chi connectivity index (χ1n) is 7.03. The molecular weight excluding hydrogens is 238 g/mol. The highest BCUT2D eigenvalue weighted by molar-refractivity contribution is 5.28. The van der Waals surface area contributed by atoms with Gasteiger partial charge < -0.3 is 9.47 Å². The Hall–Kier alpha value is -1.53. The fourth-order valence-corrected chi connectivity index (χ4v) is 1.75. The lowest BCUT2D eigenvalue weighted by Crippen LogP contribution is -2.07. The van der Waals surface area contributed by atoms with Gasteiger partial charge in [-0.1, -0.05) is 38.3 Å². The number of rotatable bonds is 10. The van der Waals surface area contributed by atoms with Crippen molar-refractivity contribution >= 4 is 0 Å². The van der Waals surface area contributed by atoms with Crippen molar-refractivity contribution in [1.82, 2.24) is 0 Å². The van der Waals surface area contributed by atoms with Gasteiger partial charge in [0.25, 0.3) is 0 Å². The summed E-state index contributed by atoms with van der Waals surface area (Å²) in [6.45, 7) is 4.23. The van der Waals surface area contributed by atoms with Crippen LogP contribution in [0.5, 0.6) is 5.75 Å². The quantitative estimate of drug-likeness (QED) is 0.603. The van der Waals surface area contributed by atoms with Crippen LogP contribution in [0.2, 0.25) is 0 Å². The second kappa shape index (κ2) is 10.4. The van der Waals surface area contributed by atoms with Gasteiger partial charge in [0.05, 0.1) is 19.1 Å². The first-order chi connectivity index (χ1) is 9.36. The van der Waals surface area contributed by atoms with E-state index in [1.54, 1.807) is 0 Å². The zero-order chi connectivity index (χ0) is 13.8. The van der Waals surface area contributed by atoms with E-state index in [4.69, 9.17) is 14.7 Å². The minimum atomic E-state index is 0.446. The van der Waals surface area contributed by atoms with Crippen LogP contribution in [0, 0.1) is 11.3 Å². The molecule has 1 aromatic carbocycles. The fraction of sp³-hybridized carbons (Fsp3) is 0.562. The fourth-order valence-electron chi connectivity index (χ4n) is 1.75. The maximum atomic E-state index is 8.57. The number of hydrogen-bond acceptors (Lipinski definition) is 3. The Morgan fingerprint density at radius 1 is 1.00 bits per heavy atom. The van der Waals surface area contributed by atoms with Gasteiger partial charge >= 0.3 is 0 Å². The Balaban J connectivity index is 2.04. The number of hydrogen-bond donors (Lipinski definition) is 0. The Labute approximate surface area is 116 Å². The van der Waals surface area contributed by atoms with Crippen molar-refractivity contribution in [2.45, 2.75) is 39.0 Å². The Kier molecular flexibility index (Phi) is 8.50. The highest BCUT2D eigenvalue weighted by Crippen LogP contribution is 2.12. The van der Waals surface area contributed by atoms with E-state index in [9.17, 15) is 0 Å². The third-order valence-electron chi connectivity index (χ3n) is 2.85. The highest BCUT2D eigenvalue weighted by atomic mass is 16.5. The Bertz CT molecular complexity index is 367. The second-order valence-corrected chi connectivity index (χ2v) is 4.50. The van der Waals surface area contributed by atoms with Gasteiger partial charge in [-0.25, -0.2) is 0 Å². The van der Waals surface area contributed by atoms with Crippen molar-refractivity contribution in [1.29, 1.82) is 5.26 Å². The smallest absolute Gasteiger partial charge is 0.119 e. The summed E-state index contributed by atoms with van der Waals surface area (Å²) in [5.74, 6) is 0.830. The first-order valence-corrected chi connectivity index (χ1v) is 7.03. The predicted octanol–water partition coefficient (Wildman–Crippen LogP) is 3.73. The molecule has 0 N–H and O–H groups in total. The van der Waals surface area contributed by atoms with E-state index in [-0.39, 0.29) is 0 Å². The second-order valence-electron chi connectivity index (χ2n) is 4.50. The van der Waals surface area contributed by atoms with Gasteiger partial charge in [-0.05, 0) is 24.1 Å². The first kappa shape index (κ1) is 15.5. The summed E-state index contributed by atoms with van der Waals surface area (Å²) in [4.78, 5) is 0. The molecule has 0 aliphatic heterocycles. The molecule has 0 heterocycles. The molecule has 1 rings (SSSR count). The van der Waals surface area contributed by atoms with Crippen molar-refractivity contribution in [3.05, 3.63) is 29.8 Å². The minimum absolute atomic E-state index is 0.446. The summed E-state index contributed by atoms with van der Waals surface area (Å²) in [5, 5.41) is 8.57. The van der Waals surface area contributed by atoms with Crippen LogP contribution in [0.25, 0.3) is 0 Å². The molecule has 0 spiro atoms. The van der Waals surface area contributed by atoms with Crippen molar-refractivity contribution in [3.63, 3.8) is 0 Å². The summed E-state index contributed by atoms with van der Waals surface area (Å²) in [7, 11) is 0. The van der Waals surface area contributed by atoms with Gasteiger partial charge in [0.2, 0.25) is 0 Å². The van der Waals surface area contributed by atoms with Gasteiger partial charge in [-0.3, -0.25) is 0 Å². The lowest BCUT2D eigenvalue weighted by Gasteiger charge is -2.07. The third kappa shape index (κ3) is 7.48. The summed E-state index contributed by atoms with van der Waals surface area (Å²) >= 11 is 0. The molecule has 0 aliphatic carbocycles. The van der Waals surface area contributed by atoms with E-state index >= 15 is 0 Å². The Morgan fingerprint density at radius 3 is 2.47 bits per heavy atom. The molecule has 0 radical (unpaired) electrons. The average Bonchev–Trinajstić information content (AvgIpc) is 2.44. The standard InChI is InChI=1S/C16H23NO2/c1-2-3-4-5-12-18-13-14-19-16-8-6-15(7-9-16)10-11-17/h6-9H,2-5,10,12-14H2,1H3. The number of unbranched alkanes of at least 4 members (excludes halogenated alkanes) is 3. The van der Waals surface area contributed by atoms with Crippen LogP contribution in [0.15, 0.2) is 24.3 Å². The van der Waals surface area contributed by atoms with Gasteiger partial charge in [0.15, 0.2) is 0 Å². The molecule has 104 valence electrons. The minimum Gasteiger partial charge on any atom is -0.491 e. The number of benzene rings is 1. The number of nitriles is 1. The maximum Gasteiger partial charge on any atom is 0.119 e. The monoisotopic (exact) mass is 261 g/mol. The van der Waals surface area contributed by atoms with Crippen LogP contribution >= 0.6 is 0 Å². The molecule has 1 aromatic rings. The molecular formula is C16H23NO2. The van der Waals surface area contributed by atoms with Crippen molar-refractivity contribution in [3.8, 4) is 11.8 Å². The maximum absolute atomic E-state index is 8.57. The molecule has 0 atom stereocenters. The van der Waals surface area contributed by atoms with Gasteiger partial charge in [-0.2, -0.15) is 5.26 Å². The van der Waals surface area contributed by atoms with Crippen LogP contribution in [-0.2, 0) is 11.2 Å². The topological polar surface area (TPSA) is 42.2 Å². The summed E-state index contributed by atoms with van der Waals surface area (Å²) in [6, 6.07) is 9.76. The molecule has 0 saturated heterocycles. The SMILES string of the molecule is CCCCCCOCCOc1ccc(CC#N)cc1. The largest absolute Gasteiger partial charge is 0.491 e. The zero-order valence-corrected chi connectivity index (χ0v) is 11.7. The summed E-state index contributed by atoms with van der Waals surface area (Å²) in [6.07, 6.45) is 5.37. The molecule has 0 fully saturated rings. The summed E-state index contributed by atoms with van der Waals surface area (Å²) in [5.41, 5.74) is 1.02. The molecule has 0 aliphatic rings. The van der Waals surface area contributed by atoms with Crippen LogP contribution in [0.3, 0.4) is 0 Å². The van der Waals surface area contributed by atoms with E-state index < -0.39 is 0 Å². The third-order valence-corrected chi connectivity index (χ3v) is 2.85. The van der Waals surface area contributed by atoms with E-state index in [0.717, 1.165) is 24.3 Å². The summed E-state index contributed by atoms with van der Waals surface area (Å²) < 4.78 is 11.1. The molecule has 0 bridgehead atoms. The van der Waals surface area contributed by atoms with Crippen LogP contribution in [-0.4, -0.2) is 19.8 Å². The average molecular weight is 261 g/mol. The van der Waals surface area contributed by atoms with Gasteiger partial charge in [0.1, 0.15) is 12.4 Å².